The number of nitrogens with zero attached hydrogens (tertiary/aromatic N) is 2. The second kappa shape index (κ2) is 7.02. The van der Waals surface area contributed by atoms with Crippen molar-refractivity contribution in [2.45, 2.75) is 0 Å². The molecule has 26 heavy (non-hydrogen) atoms. The maximum Gasteiger partial charge on any atom is 0.258 e. The van der Waals surface area contributed by atoms with Gasteiger partial charge in [-0.05, 0) is 41.5 Å². The summed E-state index contributed by atoms with van der Waals surface area (Å²) < 4.78 is 10.8. The van der Waals surface area contributed by atoms with E-state index in [1.165, 1.54) is 0 Å². The molecule has 0 bridgehead atoms. The van der Waals surface area contributed by atoms with E-state index in [4.69, 9.17) is 20.9 Å². The predicted octanol–water partition coefficient (Wildman–Crippen LogP) is 5.73. The van der Waals surface area contributed by atoms with Crippen LogP contribution in [0.3, 0.4) is 0 Å². The van der Waals surface area contributed by atoms with Gasteiger partial charge in [0.05, 0.1) is 12.7 Å². The third-order valence-corrected chi connectivity index (χ3v) is 4.30. The van der Waals surface area contributed by atoms with Crippen LogP contribution < -0.4 is 4.74 Å². The van der Waals surface area contributed by atoms with Crippen LogP contribution in [-0.4, -0.2) is 17.3 Å². The van der Waals surface area contributed by atoms with Gasteiger partial charge in [0.1, 0.15) is 5.75 Å². The molecule has 0 radical (unpaired) electrons. The molecule has 0 saturated carbocycles. The lowest BCUT2D eigenvalue weighted by atomic mass is 10.0. The number of benzene rings is 3. The Labute approximate surface area is 156 Å². The number of halogens is 1. The SMILES string of the molecule is COc1ccc(Cl)cc1-c1noc(-c2ccc(-c3ccccc3)cc2)n1. The quantitative estimate of drug-likeness (QED) is 0.465. The molecule has 5 heteroatoms. The molecule has 0 fully saturated rings. The Morgan fingerprint density at radius 2 is 1.54 bits per heavy atom. The molecule has 0 unspecified atom stereocenters. The first kappa shape index (κ1) is 16.4. The van der Waals surface area contributed by atoms with Crippen molar-refractivity contribution in [3.8, 4) is 39.7 Å². The van der Waals surface area contributed by atoms with Gasteiger partial charge in [-0.2, -0.15) is 4.98 Å². The van der Waals surface area contributed by atoms with Gasteiger partial charge >= 0.3 is 0 Å². The van der Waals surface area contributed by atoms with Gasteiger partial charge in [-0.1, -0.05) is 59.2 Å². The second-order valence-corrected chi connectivity index (χ2v) is 6.15. The number of aromatic nitrogens is 2. The fraction of sp³-hybridized carbons (Fsp3) is 0.0476. The fourth-order valence-corrected chi connectivity index (χ4v) is 2.91. The van der Waals surface area contributed by atoms with Gasteiger partial charge in [-0.15, -0.1) is 0 Å². The summed E-state index contributed by atoms with van der Waals surface area (Å²) in [5, 5.41) is 4.65. The lowest BCUT2D eigenvalue weighted by Crippen LogP contribution is -1.89. The van der Waals surface area contributed by atoms with Gasteiger partial charge in [-0.25, -0.2) is 0 Å². The van der Waals surface area contributed by atoms with Crippen molar-refractivity contribution in [1.82, 2.24) is 10.1 Å². The average molecular weight is 363 g/mol. The smallest absolute Gasteiger partial charge is 0.258 e. The number of hydrogen-bond donors (Lipinski definition) is 0. The van der Waals surface area contributed by atoms with E-state index in [1.54, 1.807) is 25.3 Å². The molecule has 0 N–H and O–H groups in total. The summed E-state index contributed by atoms with van der Waals surface area (Å²) in [7, 11) is 1.59. The Morgan fingerprint density at radius 3 is 2.27 bits per heavy atom. The zero-order chi connectivity index (χ0) is 17.9. The summed E-state index contributed by atoms with van der Waals surface area (Å²) in [5.74, 6) is 1.52. The first-order valence-electron chi connectivity index (χ1n) is 8.08. The van der Waals surface area contributed by atoms with Crippen molar-refractivity contribution in [3.63, 3.8) is 0 Å². The third-order valence-electron chi connectivity index (χ3n) is 4.07. The van der Waals surface area contributed by atoms with E-state index < -0.39 is 0 Å². The maximum absolute atomic E-state index is 6.08. The highest BCUT2D eigenvalue weighted by molar-refractivity contribution is 6.30. The predicted molar refractivity (Wildman–Crippen MR) is 102 cm³/mol. The number of methoxy groups -OCH3 is 1. The van der Waals surface area contributed by atoms with Gasteiger partial charge in [0, 0.05) is 10.6 Å². The monoisotopic (exact) mass is 362 g/mol. The molecule has 1 aromatic heterocycles. The summed E-state index contributed by atoms with van der Waals surface area (Å²) in [4.78, 5) is 4.49. The molecule has 128 valence electrons. The fourth-order valence-electron chi connectivity index (χ4n) is 2.74. The molecule has 0 saturated heterocycles. The highest BCUT2D eigenvalue weighted by Gasteiger charge is 2.15. The van der Waals surface area contributed by atoms with Crippen molar-refractivity contribution >= 4 is 11.6 Å². The van der Waals surface area contributed by atoms with Crippen LogP contribution in [0.15, 0.2) is 77.3 Å². The molecule has 0 spiro atoms. The van der Waals surface area contributed by atoms with Crippen molar-refractivity contribution < 1.29 is 9.26 Å². The van der Waals surface area contributed by atoms with E-state index in [0.29, 0.717) is 28.1 Å². The molecule has 0 aliphatic rings. The number of hydrogen-bond acceptors (Lipinski definition) is 4. The minimum absolute atomic E-state index is 0.437. The Morgan fingerprint density at radius 1 is 0.846 bits per heavy atom. The van der Waals surface area contributed by atoms with Crippen LogP contribution in [0.5, 0.6) is 5.75 Å². The molecule has 0 amide bonds. The first-order valence-corrected chi connectivity index (χ1v) is 8.46. The summed E-state index contributed by atoms with van der Waals surface area (Å²) in [5.41, 5.74) is 3.83. The lowest BCUT2D eigenvalue weighted by Gasteiger charge is -2.04. The van der Waals surface area contributed by atoms with E-state index in [0.717, 1.165) is 16.7 Å². The standard InChI is InChI=1S/C21H15ClN2O2/c1-25-19-12-11-17(22)13-18(19)20-23-21(26-24-20)16-9-7-15(8-10-16)14-5-3-2-4-6-14/h2-13H,1H3. The Hall–Kier alpha value is -3.11. The molecular formula is C21H15ClN2O2. The Bertz CT molecular complexity index is 1030. The van der Waals surface area contributed by atoms with E-state index in [9.17, 15) is 0 Å². The van der Waals surface area contributed by atoms with Gasteiger partial charge < -0.3 is 9.26 Å². The van der Waals surface area contributed by atoms with Gasteiger partial charge in [0.25, 0.3) is 5.89 Å². The van der Waals surface area contributed by atoms with Gasteiger partial charge in [0.2, 0.25) is 5.82 Å². The Balaban J connectivity index is 1.66. The lowest BCUT2D eigenvalue weighted by molar-refractivity contribution is 0.413. The van der Waals surface area contributed by atoms with E-state index >= 15 is 0 Å². The van der Waals surface area contributed by atoms with Gasteiger partial charge in [-0.3, -0.25) is 0 Å². The molecule has 1 heterocycles. The largest absolute Gasteiger partial charge is 0.496 e. The van der Waals surface area contributed by atoms with Gasteiger partial charge in [0.15, 0.2) is 0 Å². The number of ether oxygens (including phenoxy) is 1. The van der Waals surface area contributed by atoms with Crippen LogP contribution in [0.25, 0.3) is 34.0 Å². The third kappa shape index (κ3) is 3.19. The minimum Gasteiger partial charge on any atom is -0.496 e. The van der Waals surface area contributed by atoms with Crippen molar-refractivity contribution in [3.05, 3.63) is 77.8 Å². The molecule has 0 aliphatic carbocycles. The molecule has 0 aliphatic heterocycles. The summed E-state index contributed by atoms with van der Waals surface area (Å²) in [6.07, 6.45) is 0. The summed E-state index contributed by atoms with van der Waals surface area (Å²) >= 11 is 6.08. The number of rotatable bonds is 4. The van der Waals surface area contributed by atoms with Crippen molar-refractivity contribution in [2.75, 3.05) is 7.11 Å². The zero-order valence-electron chi connectivity index (χ0n) is 14.0. The first-order chi connectivity index (χ1) is 12.7. The highest BCUT2D eigenvalue weighted by atomic mass is 35.5. The second-order valence-electron chi connectivity index (χ2n) is 5.71. The molecule has 4 nitrogen and oxygen atoms in total. The topological polar surface area (TPSA) is 48.2 Å². The van der Waals surface area contributed by atoms with E-state index in [2.05, 4.69) is 22.3 Å². The van der Waals surface area contributed by atoms with Crippen LogP contribution in [0.2, 0.25) is 5.02 Å². The summed E-state index contributed by atoms with van der Waals surface area (Å²) in [6.45, 7) is 0. The van der Waals surface area contributed by atoms with Crippen molar-refractivity contribution in [2.24, 2.45) is 0 Å². The van der Waals surface area contributed by atoms with Crippen LogP contribution in [0.1, 0.15) is 0 Å². The average Bonchev–Trinajstić information content (AvgIpc) is 3.19. The van der Waals surface area contributed by atoms with Crippen LogP contribution in [0.4, 0.5) is 0 Å². The molecular weight excluding hydrogens is 348 g/mol. The van der Waals surface area contributed by atoms with Crippen molar-refractivity contribution in [1.29, 1.82) is 0 Å². The molecule has 3 aromatic carbocycles. The maximum atomic E-state index is 6.08. The van der Waals surface area contributed by atoms with E-state index in [1.807, 2.05) is 42.5 Å². The van der Waals surface area contributed by atoms with E-state index in [-0.39, 0.29) is 0 Å². The highest BCUT2D eigenvalue weighted by Crippen LogP contribution is 2.32. The molecule has 0 atom stereocenters. The Kier molecular flexibility index (Phi) is 4.42. The molecule has 4 rings (SSSR count). The van der Waals surface area contributed by atoms with Crippen LogP contribution in [0, 0.1) is 0 Å². The molecule has 4 aromatic rings. The normalized spacial score (nSPS) is 10.7. The summed E-state index contributed by atoms with van der Waals surface area (Å²) in [6, 6.07) is 23.5. The van der Waals surface area contributed by atoms with Crippen LogP contribution >= 0.6 is 11.6 Å². The zero-order valence-corrected chi connectivity index (χ0v) is 14.8. The minimum atomic E-state index is 0.437. The van der Waals surface area contributed by atoms with Crippen LogP contribution in [-0.2, 0) is 0 Å².